The van der Waals surface area contributed by atoms with E-state index in [0.29, 0.717) is 0 Å². The van der Waals surface area contributed by atoms with Gasteiger partial charge in [-0.2, -0.15) is 4.68 Å². The van der Waals surface area contributed by atoms with E-state index < -0.39 is 0 Å². The van der Waals surface area contributed by atoms with Crippen LogP contribution in [0.4, 0.5) is 0 Å². The minimum atomic E-state index is 0.824. The molecule has 2 rings (SSSR count). The number of hydrogen-bond acceptors (Lipinski definition) is 4. The summed E-state index contributed by atoms with van der Waals surface area (Å²) in [6.07, 6.45) is 1.06. The molecular formula is C8H10N4S. The highest BCUT2D eigenvalue weighted by Crippen LogP contribution is 2.20. The fourth-order valence-electron chi connectivity index (χ4n) is 1.11. The second-order valence-corrected chi connectivity index (χ2v) is 3.88. The van der Waals surface area contributed by atoms with E-state index in [0.717, 1.165) is 17.2 Å². The second kappa shape index (κ2) is 3.26. The van der Waals surface area contributed by atoms with Crippen LogP contribution < -0.4 is 0 Å². The summed E-state index contributed by atoms with van der Waals surface area (Å²) in [5, 5.41) is 12.4. The van der Waals surface area contributed by atoms with E-state index in [4.69, 9.17) is 0 Å². The highest BCUT2D eigenvalue weighted by Gasteiger charge is 2.05. The van der Waals surface area contributed by atoms with Gasteiger partial charge in [-0.25, -0.2) is 0 Å². The number of aromatic nitrogens is 4. The first-order chi connectivity index (χ1) is 6.31. The van der Waals surface area contributed by atoms with Crippen molar-refractivity contribution in [3.05, 3.63) is 22.8 Å². The molecule has 0 aliphatic heterocycles. The number of hydrogen-bond donors (Lipinski definition) is 0. The molecule has 13 heavy (non-hydrogen) atoms. The van der Waals surface area contributed by atoms with Crippen LogP contribution in [-0.4, -0.2) is 20.2 Å². The number of aryl methyl sites for hydroxylation is 2. The lowest BCUT2D eigenvalue weighted by atomic mass is 10.4. The van der Waals surface area contributed by atoms with Crippen molar-refractivity contribution in [2.24, 2.45) is 0 Å². The van der Waals surface area contributed by atoms with Gasteiger partial charge in [-0.15, -0.1) is 16.4 Å². The van der Waals surface area contributed by atoms with Crippen LogP contribution in [0.2, 0.25) is 0 Å². The molecule has 0 aromatic carbocycles. The highest BCUT2D eigenvalue weighted by atomic mass is 32.1. The number of rotatable bonds is 2. The molecule has 2 aromatic heterocycles. The van der Waals surface area contributed by atoms with Crippen molar-refractivity contribution in [3.63, 3.8) is 0 Å². The topological polar surface area (TPSA) is 43.6 Å². The Morgan fingerprint density at radius 2 is 2.31 bits per heavy atom. The van der Waals surface area contributed by atoms with Crippen molar-refractivity contribution in [1.82, 2.24) is 20.2 Å². The molecule has 0 aliphatic rings. The average molecular weight is 194 g/mol. The Bertz CT molecular complexity index is 404. The van der Waals surface area contributed by atoms with E-state index in [2.05, 4.69) is 28.5 Å². The van der Waals surface area contributed by atoms with Gasteiger partial charge in [0.1, 0.15) is 5.00 Å². The van der Waals surface area contributed by atoms with E-state index in [-0.39, 0.29) is 0 Å². The summed E-state index contributed by atoms with van der Waals surface area (Å²) in [6, 6.07) is 4.16. The Morgan fingerprint density at radius 1 is 1.46 bits per heavy atom. The molecule has 0 radical (unpaired) electrons. The van der Waals surface area contributed by atoms with Crippen LogP contribution in [0.25, 0.3) is 5.00 Å². The molecule has 5 heteroatoms. The average Bonchev–Trinajstić information content (AvgIpc) is 2.71. The smallest absolute Gasteiger partial charge is 0.154 e. The Hall–Kier alpha value is -1.23. The van der Waals surface area contributed by atoms with Gasteiger partial charge in [0.2, 0.25) is 0 Å². The summed E-state index contributed by atoms with van der Waals surface area (Å²) in [7, 11) is 0. The van der Waals surface area contributed by atoms with Crippen LogP contribution in [0.15, 0.2) is 12.1 Å². The van der Waals surface area contributed by atoms with Crippen molar-refractivity contribution in [1.29, 1.82) is 0 Å². The maximum atomic E-state index is 3.90. The van der Waals surface area contributed by atoms with Gasteiger partial charge >= 0.3 is 0 Å². The quantitative estimate of drug-likeness (QED) is 0.729. The number of tetrazole rings is 1. The van der Waals surface area contributed by atoms with Crippen molar-refractivity contribution in [2.75, 3.05) is 0 Å². The van der Waals surface area contributed by atoms with Crippen molar-refractivity contribution in [3.8, 4) is 5.00 Å². The Kier molecular flexibility index (Phi) is 2.10. The fraction of sp³-hybridized carbons (Fsp3) is 0.375. The highest BCUT2D eigenvalue weighted by molar-refractivity contribution is 7.14. The van der Waals surface area contributed by atoms with Gasteiger partial charge in [-0.3, -0.25) is 0 Å². The normalized spacial score (nSPS) is 10.6. The van der Waals surface area contributed by atoms with Crippen LogP contribution in [0, 0.1) is 6.92 Å². The first kappa shape index (κ1) is 8.37. The summed E-state index contributed by atoms with van der Waals surface area (Å²) in [6.45, 7) is 4.04. The lowest BCUT2D eigenvalue weighted by Gasteiger charge is -1.94. The molecule has 0 saturated carbocycles. The summed E-state index contributed by atoms with van der Waals surface area (Å²) < 4.78 is 1.75. The molecular weight excluding hydrogens is 184 g/mol. The van der Waals surface area contributed by atoms with Gasteiger partial charge in [0, 0.05) is 4.88 Å². The van der Waals surface area contributed by atoms with Crippen molar-refractivity contribution in [2.45, 2.75) is 20.3 Å². The molecule has 0 saturated heterocycles. The third kappa shape index (κ3) is 1.47. The number of thiophene rings is 1. The molecule has 0 aliphatic carbocycles. The fourth-order valence-corrected chi connectivity index (χ4v) is 2.05. The third-order valence-corrected chi connectivity index (χ3v) is 3.04. The molecule has 0 atom stereocenters. The van der Waals surface area contributed by atoms with Crippen LogP contribution >= 0.6 is 11.3 Å². The van der Waals surface area contributed by atoms with E-state index >= 15 is 0 Å². The summed E-state index contributed by atoms with van der Waals surface area (Å²) in [4.78, 5) is 1.35. The molecule has 0 amide bonds. The first-order valence-corrected chi connectivity index (χ1v) is 4.97. The van der Waals surface area contributed by atoms with Crippen LogP contribution in [0.3, 0.4) is 0 Å². The predicted octanol–water partition coefficient (Wildman–Crippen LogP) is 1.59. The predicted molar refractivity (Wildman–Crippen MR) is 51.1 cm³/mol. The van der Waals surface area contributed by atoms with Gasteiger partial charge in [-0.05, 0) is 35.9 Å². The molecule has 0 unspecified atom stereocenters. The van der Waals surface area contributed by atoms with Crippen LogP contribution in [-0.2, 0) is 6.42 Å². The molecule has 0 spiro atoms. The molecule has 0 fully saturated rings. The van der Waals surface area contributed by atoms with Crippen molar-refractivity contribution < 1.29 is 0 Å². The summed E-state index contributed by atoms with van der Waals surface area (Å²) >= 11 is 1.73. The van der Waals surface area contributed by atoms with Gasteiger partial charge in [0.15, 0.2) is 5.82 Å². The zero-order chi connectivity index (χ0) is 9.26. The SMILES string of the molecule is CCc1ccc(-n2nnnc2C)s1. The Labute approximate surface area is 80.2 Å². The first-order valence-electron chi connectivity index (χ1n) is 4.15. The second-order valence-electron chi connectivity index (χ2n) is 2.73. The van der Waals surface area contributed by atoms with E-state index in [9.17, 15) is 0 Å². The van der Waals surface area contributed by atoms with Crippen LogP contribution in [0.5, 0.6) is 0 Å². The summed E-state index contributed by atoms with van der Waals surface area (Å²) in [5.41, 5.74) is 0. The van der Waals surface area contributed by atoms with Crippen LogP contribution in [0.1, 0.15) is 17.6 Å². The van der Waals surface area contributed by atoms with E-state index in [1.165, 1.54) is 4.88 Å². The molecule has 2 heterocycles. The maximum absolute atomic E-state index is 3.90. The Balaban J connectivity index is 2.41. The maximum Gasteiger partial charge on any atom is 0.154 e. The van der Waals surface area contributed by atoms with Gasteiger partial charge in [0.05, 0.1) is 0 Å². The molecule has 0 N–H and O–H groups in total. The standard InChI is InChI=1S/C8H10N4S/c1-3-7-4-5-8(13-7)12-6(2)9-10-11-12/h4-5H,3H2,1-2H3. The molecule has 2 aromatic rings. The van der Waals surface area contributed by atoms with E-state index in [1.807, 2.05) is 13.0 Å². The van der Waals surface area contributed by atoms with Gasteiger partial charge in [-0.1, -0.05) is 6.92 Å². The van der Waals surface area contributed by atoms with E-state index in [1.54, 1.807) is 16.0 Å². The molecule has 4 nitrogen and oxygen atoms in total. The van der Waals surface area contributed by atoms with Crippen molar-refractivity contribution >= 4 is 11.3 Å². The minimum absolute atomic E-state index is 0.824. The monoisotopic (exact) mass is 194 g/mol. The third-order valence-electron chi connectivity index (χ3n) is 1.83. The van der Waals surface area contributed by atoms with Gasteiger partial charge < -0.3 is 0 Å². The zero-order valence-corrected chi connectivity index (χ0v) is 8.38. The minimum Gasteiger partial charge on any atom is -0.188 e. The summed E-state index contributed by atoms with van der Waals surface area (Å²) in [5.74, 6) is 0.824. The largest absolute Gasteiger partial charge is 0.188 e. The molecule has 68 valence electrons. The van der Waals surface area contributed by atoms with Gasteiger partial charge in [0.25, 0.3) is 0 Å². The zero-order valence-electron chi connectivity index (χ0n) is 7.56. The molecule has 0 bridgehead atoms. The lowest BCUT2D eigenvalue weighted by Crippen LogP contribution is -1.95. The lowest BCUT2D eigenvalue weighted by molar-refractivity contribution is 0.789. The Morgan fingerprint density at radius 3 is 2.85 bits per heavy atom. The number of nitrogens with zero attached hydrogens (tertiary/aromatic N) is 4.